The molecule has 7 nitrogen and oxygen atoms in total. The summed E-state index contributed by atoms with van der Waals surface area (Å²) in [6.07, 6.45) is 5.49. The van der Waals surface area contributed by atoms with Gasteiger partial charge in [0.25, 0.3) is 5.91 Å². The third kappa shape index (κ3) is 5.24. The van der Waals surface area contributed by atoms with Crippen molar-refractivity contribution in [3.05, 3.63) is 71.4 Å². The van der Waals surface area contributed by atoms with Gasteiger partial charge in [0, 0.05) is 32.7 Å². The molecule has 0 unspecified atom stereocenters. The van der Waals surface area contributed by atoms with Crippen LogP contribution in [0.25, 0.3) is 4.91 Å². The fraction of sp³-hybridized carbons (Fsp3) is 0.321. The first-order valence-electron chi connectivity index (χ1n) is 12.5. The van der Waals surface area contributed by atoms with Crippen LogP contribution < -0.4 is 16.1 Å². The minimum absolute atomic E-state index is 0.0760. The second-order valence-corrected chi connectivity index (χ2v) is 10.5. The molecule has 0 aliphatic carbocycles. The van der Waals surface area contributed by atoms with Crippen LogP contribution in [-0.4, -0.2) is 42.6 Å². The van der Waals surface area contributed by atoms with Crippen molar-refractivity contribution in [3.8, 4) is 0 Å². The fourth-order valence-electron chi connectivity index (χ4n) is 4.72. The van der Waals surface area contributed by atoms with Crippen molar-refractivity contribution in [2.24, 2.45) is 11.0 Å². The second-order valence-electron chi connectivity index (χ2n) is 9.41. The predicted molar refractivity (Wildman–Crippen MR) is 147 cm³/mol. The molecule has 2 aromatic carbocycles. The summed E-state index contributed by atoms with van der Waals surface area (Å²) in [6, 6.07) is 16.1. The lowest BCUT2D eigenvalue weighted by Crippen LogP contribution is -2.35. The Hall–Kier alpha value is -3.36. The number of amides is 2. The van der Waals surface area contributed by atoms with Crippen molar-refractivity contribution in [2.45, 2.75) is 37.5 Å². The highest BCUT2D eigenvalue weighted by Gasteiger charge is 2.28. The van der Waals surface area contributed by atoms with Gasteiger partial charge in [0.05, 0.1) is 17.0 Å². The van der Waals surface area contributed by atoms with Crippen LogP contribution in [0.3, 0.4) is 0 Å². The maximum Gasteiger partial charge on any atom is 0.275 e. The molecule has 2 amide bonds. The highest BCUT2D eigenvalue weighted by atomic mass is 32.2. The van der Waals surface area contributed by atoms with Crippen LogP contribution in [0.2, 0.25) is 0 Å². The molecule has 0 aromatic heterocycles. The van der Waals surface area contributed by atoms with Crippen LogP contribution in [0, 0.1) is 5.92 Å². The average Bonchev–Trinajstić information content (AvgIpc) is 3.25. The molecule has 5 rings (SSSR count). The number of para-hydroxylation sites is 1. The number of hydrazone groups is 1. The topological polar surface area (TPSA) is 85.8 Å². The van der Waals surface area contributed by atoms with E-state index in [-0.39, 0.29) is 17.7 Å². The van der Waals surface area contributed by atoms with Gasteiger partial charge >= 0.3 is 0 Å². The smallest absolute Gasteiger partial charge is 0.275 e. The van der Waals surface area contributed by atoms with Gasteiger partial charge in [-0.25, -0.2) is 5.43 Å². The van der Waals surface area contributed by atoms with Gasteiger partial charge in [0.1, 0.15) is 0 Å². The van der Waals surface area contributed by atoms with E-state index in [9.17, 15) is 9.59 Å². The summed E-state index contributed by atoms with van der Waals surface area (Å²) in [7, 11) is 2.10. The van der Waals surface area contributed by atoms with E-state index in [1.807, 2.05) is 48.5 Å². The van der Waals surface area contributed by atoms with E-state index in [2.05, 4.69) is 46.1 Å². The number of likely N-dealkylation sites (tertiary alicyclic amines) is 1. The molecule has 0 bridgehead atoms. The molecule has 0 radical (unpaired) electrons. The Balaban J connectivity index is 1.36. The summed E-state index contributed by atoms with van der Waals surface area (Å²) in [6.45, 7) is 4.00. The molecule has 3 heterocycles. The number of hydrogen-bond acceptors (Lipinski definition) is 6. The van der Waals surface area contributed by atoms with Gasteiger partial charge in [-0.3, -0.25) is 9.59 Å². The van der Waals surface area contributed by atoms with Crippen molar-refractivity contribution >= 4 is 45.6 Å². The van der Waals surface area contributed by atoms with Gasteiger partial charge in [0.15, 0.2) is 0 Å². The molecule has 1 saturated heterocycles. The summed E-state index contributed by atoms with van der Waals surface area (Å²) >= 11 is 1.64. The van der Waals surface area contributed by atoms with E-state index >= 15 is 0 Å². The van der Waals surface area contributed by atoms with Gasteiger partial charge in [-0.2, -0.15) is 5.10 Å². The van der Waals surface area contributed by atoms with E-state index in [1.54, 1.807) is 11.8 Å². The summed E-state index contributed by atoms with van der Waals surface area (Å²) in [5.74, 6) is 0.00631. The van der Waals surface area contributed by atoms with E-state index in [4.69, 9.17) is 0 Å². The normalized spacial score (nSPS) is 20.2. The van der Waals surface area contributed by atoms with E-state index in [1.165, 1.54) is 0 Å². The fourth-order valence-corrected chi connectivity index (χ4v) is 5.71. The number of thioether (sulfide) groups is 1. The number of allylic oxidation sites excluding steroid dienone is 1. The first-order chi connectivity index (χ1) is 17.5. The Bertz CT molecular complexity index is 1260. The molecule has 186 valence electrons. The quantitative estimate of drug-likeness (QED) is 0.482. The van der Waals surface area contributed by atoms with Crippen LogP contribution in [0.4, 0.5) is 11.4 Å². The minimum atomic E-state index is -0.175. The molecule has 36 heavy (non-hydrogen) atoms. The van der Waals surface area contributed by atoms with Crippen molar-refractivity contribution in [2.75, 3.05) is 30.8 Å². The SMILES string of the molecule is CCCC1=NNC(=O)/C1=C1/C=C(Sc2ccc(NC(=O)C3CCN(C)CC3)cc2)c2ccccc2N1. The third-order valence-corrected chi connectivity index (χ3v) is 7.81. The van der Waals surface area contributed by atoms with Gasteiger partial charge in [-0.05, 0) is 75.8 Å². The van der Waals surface area contributed by atoms with Crippen LogP contribution in [0.1, 0.15) is 38.2 Å². The summed E-state index contributed by atoms with van der Waals surface area (Å²) in [5, 5.41) is 10.8. The highest BCUT2D eigenvalue weighted by molar-refractivity contribution is 8.08. The molecule has 8 heteroatoms. The largest absolute Gasteiger partial charge is 0.354 e. The van der Waals surface area contributed by atoms with Crippen LogP contribution >= 0.6 is 11.8 Å². The molecule has 3 aliphatic rings. The zero-order valence-electron chi connectivity index (χ0n) is 20.6. The number of hydrogen-bond donors (Lipinski definition) is 3. The average molecular weight is 502 g/mol. The number of nitrogens with one attached hydrogen (secondary N) is 3. The number of anilines is 2. The number of piperidine rings is 1. The molecular weight excluding hydrogens is 470 g/mol. The Morgan fingerprint density at radius 2 is 1.89 bits per heavy atom. The van der Waals surface area contributed by atoms with Gasteiger partial charge in [-0.15, -0.1) is 0 Å². The lowest BCUT2D eigenvalue weighted by Gasteiger charge is -2.28. The summed E-state index contributed by atoms with van der Waals surface area (Å²) in [4.78, 5) is 29.6. The number of fused-ring (bicyclic) bond motifs is 1. The Morgan fingerprint density at radius 3 is 2.64 bits per heavy atom. The molecule has 0 spiro atoms. The molecule has 0 atom stereocenters. The molecule has 2 aromatic rings. The maximum atomic E-state index is 12.7. The minimum Gasteiger partial charge on any atom is -0.354 e. The molecular formula is C28H31N5O2S. The molecule has 0 saturated carbocycles. The zero-order valence-corrected chi connectivity index (χ0v) is 21.5. The van der Waals surface area contributed by atoms with Crippen molar-refractivity contribution in [1.82, 2.24) is 10.3 Å². The molecule has 1 fully saturated rings. The predicted octanol–water partition coefficient (Wildman–Crippen LogP) is 5.07. The van der Waals surface area contributed by atoms with Crippen LogP contribution in [-0.2, 0) is 9.59 Å². The second kappa shape index (κ2) is 10.7. The third-order valence-electron chi connectivity index (χ3n) is 6.74. The van der Waals surface area contributed by atoms with Gasteiger partial charge in [0.2, 0.25) is 5.91 Å². The Labute approximate surface area is 216 Å². The number of nitrogens with zero attached hydrogens (tertiary/aromatic N) is 2. The van der Waals surface area contributed by atoms with Crippen LogP contribution in [0.15, 0.2) is 75.9 Å². The number of benzene rings is 2. The summed E-state index contributed by atoms with van der Waals surface area (Å²) < 4.78 is 0. The Kier molecular flexibility index (Phi) is 7.25. The number of carbonyl (C=O) groups excluding carboxylic acids is 2. The van der Waals surface area contributed by atoms with E-state index in [0.717, 1.165) is 76.9 Å². The number of rotatable bonds is 6. The zero-order chi connectivity index (χ0) is 25.1. The van der Waals surface area contributed by atoms with Crippen molar-refractivity contribution < 1.29 is 9.59 Å². The van der Waals surface area contributed by atoms with Crippen molar-refractivity contribution in [3.63, 3.8) is 0 Å². The van der Waals surface area contributed by atoms with E-state index in [0.29, 0.717) is 5.57 Å². The standard InChI is InChI=1S/C28H31N5O2S/c1-3-6-23-26(28(35)32-31-23)24-17-25(21-7-4-5-8-22(21)30-24)36-20-11-9-19(10-12-20)29-27(34)18-13-15-33(2)16-14-18/h4-5,7-12,17-18,30H,3,6,13-16H2,1-2H3,(H,29,34)(H,32,35)/b26-24-. The molecule has 3 aliphatic heterocycles. The van der Waals surface area contributed by atoms with Gasteiger partial charge in [-0.1, -0.05) is 43.3 Å². The maximum absolute atomic E-state index is 12.7. The monoisotopic (exact) mass is 501 g/mol. The summed E-state index contributed by atoms with van der Waals surface area (Å²) in [5.41, 5.74) is 7.63. The van der Waals surface area contributed by atoms with Gasteiger partial charge < -0.3 is 15.5 Å². The number of carbonyl (C=O) groups is 2. The first kappa shape index (κ1) is 24.3. The van der Waals surface area contributed by atoms with E-state index < -0.39 is 0 Å². The Morgan fingerprint density at radius 1 is 1.14 bits per heavy atom. The van der Waals surface area contributed by atoms with Crippen LogP contribution in [0.5, 0.6) is 0 Å². The van der Waals surface area contributed by atoms with Crippen molar-refractivity contribution in [1.29, 1.82) is 0 Å². The molecule has 3 N–H and O–H groups in total. The lowest BCUT2D eigenvalue weighted by molar-refractivity contribution is -0.121. The highest BCUT2D eigenvalue weighted by Crippen LogP contribution is 2.42. The lowest BCUT2D eigenvalue weighted by atomic mass is 9.96. The first-order valence-corrected chi connectivity index (χ1v) is 13.3.